The standard InChI is InChI=1S/C15H12F3N5O2/c16-15(17,18)14-20-9-3-1-2-4-10(9)23(14)7-11-21-13(25-22-11)12(24)19-8-5-6-8/h1-4,8H,5-7H2,(H,19,24). The number of para-hydroxylation sites is 2. The molecular formula is C15H12F3N5O2. The first-order valence-corrected chi connectivity index (χ1v) is 7.58. The topological polar surface area (TPSA) is 85.8 Å². The number of alkyl halides is 3. The van der Waals surface area contributed by atoms with Crippen LogP contribution < -0.4 is 5.32 Å². The third-order valence-corrected chi connectivity index (χ3v) is 3.78. The fourth-order valence-electron chi connectivity index (χ4n) is 2.48. The Balaban J connectivity index is 1.66. The van der Waals surface area contributed by atoms with E-state index >= 15 is 0 Å². The van der Waals surface area contributed by atoms with Gasteiger partial charge in [-0.1, -0.05) is 17.3 Å². The quantitative estimate of drug-likeness (QED) is 0.780. The third kappa shape index (κ3) is 3.06. The molecule has 1 saturated carbocycles. The van der Waals surface area contributed by atoms with E-state index in [1.807, 2.05) is 0 Å². The van der Waals surface area contributed by atoms with Crippen LogP contribution in [-0.2, 0) is 12.7 Å². The summed E-state index contributed by atoms with van der Waals surface area (Å²) in [6, 6.07) is 6.35. The highest BCUT2D eigenvalue weighted by Crippen LogP contribution is 2.31. The second-order valence-electron chi connectivity index (χ2n) is 5.77. The molecule has 10 heteroatoms. The number of halogens is 3. The Labute approximate surface area is 138 Å². The number of hydrogen-bond acceptors (Lipinski definition) is 5. The van der Waals surface area contributed by atoms with Crippen LogP contribution in [0.25, 0.3) is 11.0 Å². The Hall–Kier alpha value is -2.91. The summed E-state index contributed by atoms with van der Waals surface area (Å²) in [4.78, 5) is 19.4. The van der Waals surface area contributed by atoms with Crippen molar-refractivity contribution in [3.8, 4) is 0 Å². The van der Waals surface area contributed by atoms with Crippen molar-refractivity contribution in [2.24, 2.45) is 0 Å². The number of nitrogens with zero attached hydrogens (tertiary/aromatic N) is 4. The summed E-state index contributed by atoms with van der Waals surface area (Å²) in [6.45, 7) is -0.310. The number of amides is 1. The summed E-state index contributed by atoms with van der Waals surface area (Å²) >= 11 is 0. The molecule has 3 aromatic rings. The van der Waals surface area contributed by atoms with Crippen LogP contribution in [0.2, 0.25) is 0 Å². The van der Waals surface area contributed by atoms with Gasteiger partial charge in [-0.15, -0.1) is 0 Å². The van der Waals surface area contributed by atoms with Gasteiger partial charge >= 0.3 is 18.0 Å². The van der Waals surface area contributed by atoms with Gasteiger partial charge in [0.05, 0.1) is 17.6 Å². The molecule has 25 heavy (non-hydrogen) atoms. The van der Waals surface area contributed by atoms with Crippen LogP contribution in [0.5, 0.6) is 0 Å². The molecule has 0 radical (unpaired) electrons. The maximum Gasteiger partial charge on any atom is 0.449 e. The summed E-state index contributed by atoms with van der Waals surface area (Å²) in [5.41, 5.74) is 0.508. The van der Waals surface area contributed by atoms with E-state index in [0.717, 1.165) is 17.4 Å². The number of fused-ring (bicyclic) bond motifs is 1. The Morgan fingerprint density at radius 2 is 2.04 bits per heavy atom. The van der Waals surface area contributed by atoms with E-state index in [0.29, 0.717) is 5.52 Å². The number of nitrogens with one attached hydrogen (secondary N) is 1. The normalized spacial score (nSPS) is 14.8. The van der Waals surface area contributed by atoms with Crippen LogP contribution in [0.4, 0.5) is 13.2 Å². The molecule has 1 fully saturated rings. The molecular weight excluding hydrogens is 339 g/mol. The van der Waals surface area contributed by atoms with Crippen molar-refractivity contribution in [3.63, 3.8) is 0 Å². The highest BCUT2D eigenvalue weighted by molar-refractivity contribution is 5.89. The van der Waals surface area contributed by atoms with Gasteiger partial charge in [-0.3, -0.25) is 4.79 Å². The predicted molar refractivity (Wildman–Crippen MR) is 78.6 cm³/mol. The Morgan fingerprint density at radius 3 is 2.76 bits per heavy atom. The fraction of sp³-hybridized carbons (Fsp3) is 0.333. The molecule has 1 aliphatic rings. The van der Waals surface area contributed by atoms with Crippen LogP contribution in [0.3, 0.4) is 0 Å². The largest absolute Gasteiger partial charge is 0.449 e. The molecule has 1 N–H and O–H groups in total. The molecule has 2 aromatic heterocycles. The lowest BCUT2D eigenvalue weighted by atomic mass is 10.3. The average Bonchev–Trinajstić information content (AvgIpc) is 3.11. The van der Waals surface area contributed by atoms with E-state index in [4.69, 9.17) is 4.52 Å². The van der Waals surface area contributed by atoms with Gasteiger partial charge in [0, 0.05) is 6.04 Å². The lowest BCUT2D eigenvalue weighted by Crippen LogP contribution is -2.25. The number of benzene rings is 1. The highest BCUT2D eigenvalue weighted by Gasteiger charge is 2.38. The van der Waals surface area contributed by atoms with E-state index in [2.05, 4.69) is 20.4 Å². The van der Waals surface area contributed by atoms with Gasteiger partial charge < -0.3 is 14.4 Å². The Morgan fingerprint density at radius 1 is 1.28 bits per heavy atom. The first kappa shape index (κ1) is 15.6. The lowest BCUT2D eigenvalue weighted by molar-refractivity contribution is -0.146. The summed E-state index contributed by atoms with van der Waals surface area (Å²) in [5.74, 6) is -1.87. The van der Waals surface area contributed by atoms with Gasteiger partial charge in [0.15, 0.2) is 5.82 Å². The van der Waals surface area contributed by atoms with Crippen molar-refractivity contribution in [3.05, 3.63) is 41.8 Å². The number of hydrogen-bond donors (Lipinski definition) is 1. The van der Waals surface area contributed by atoms with Crippen LogP contribution in [-0.4, -0.2) is 31.6 Å². The Bertz CT molecular complexity index is 942. The number of carbonyl (C=O) groups is 1. The molecule has 4 rings (SSSR count). The number of aromatic nitrogens is 4. The molecule has 0 aliphatic heterocycles. The number of carbonyl (C=O) groups excluding carboxylic acids is 1. The Kier molecular flexibility index (Phi) is 3.48. The van der Waals surface area contributed by atoms with Gasteiger partial charge in [0.25, 0.3) is 0 Å². The highest BCUT2D eigenvalue weighted by atomic mass is 19.4. The van der Waals surface area contributed by atoms with E-state index in [9.17, 15) is 18.0 Å². The third-order valence-electron chi connectivity index (χ3n) is 3.78. The van der Waals surface area contributed by atoms with Gasteiger partial charge in [-0.2, -0.15) is 18.2 Å². The average molecular weight is 351 g/mol. The molecule has 0 spiro atoms. The summed E-state index contributed by atoms with van der Waals surface area (Å²) in [5, 5.41) is 6.28. The van der Waals surface area contributed by atoms with Crippen molar-refractivity contribution in [2.45, 2.75) is 31.6 Å². The summed E-state index contributed by atoms with van der Waals surface area (Å²) in [6.07, 6.45) is -2.85. The smallest absolute Gasteiger partial charge is 0.345 e. The molecule has 130 valence electrons. The number of imidazole rings is 1. The zero-order valence-corrected chi connectivity index (χ0v) is 12.7. The minimum atomic E-state index is -4.63. The van der Waals surface area contributed by atoms with Crippen molar-refractivity contribution < 1.29 is 22.5 Å². The molecule has 7 nitrogen and oxygen atoms in total. The van der Waals surface area contributed by atoms with E-state index in [1.165, 1.54) is 12.1 Å². The molecule has 1 aliphatic carbocycles. The van der Waals surface area contributed by atoms with Crippen molar-refractivity contribution in [1.82, 2.24) is 25.0 Å². The second kappa shape index (κ2) is 5.57. The molecule has 1 amide bonds. The van der Waals surface area contributed by atoms with Gasteiger partial charge in [-0.05, 0) is 25.0 Å². The lowest BCUT2D eigenvalue weighted by Gasteiger charge is -2.09. The van der Waals surface area contributed by atoms with E-state index in [-0.39, 0.29) is 29.8 Å². The first-order chi connectivity index (χ1) is 11.9. The monoisotopic (exact) mass is 351 g/mol. The molecule has 1 aromatic carbocycles. The minimum absolute atomic E-state index is 0.0328. The molecule has 0 atom stereocenters. The zero-order valence-electron chi connectivity index (χ0n) is 12.7. The van der Waals surface area contributed by atoms with Crippen LogP contribution in [0, 0.1) is 0 Å². The van der Waals surface area contributed by atoms with E-state index < -0.39 is 17.9 Å². The molecule has 2 heterocycles. The summed E-state index contributed by atoms with van der Waals surface area (Å²) in [7, 11) is 0. The van der Waals surface area contributed by atoms with Gasteiger partial charge in [0.2, 0.25) is 5.82 Å². The van der Waals surface area contributed by atoms with Crippen molar-refractivity contribution in [1.29, 1.82) is 0 Å². The molecule has 0 unspecified atom stereocenters. The van der Waals surface area contributed by atoms with Gasteiger partial charge in [0.1, 0.15) is 0 Å². The van der Waals surface area contributed by atoms with Crippen molar-refractivity contribution in [2.75, 3.05) is 0 Å². The van der Waals surface area contributed by atoms with Crippen LogP contribution in [0.1, 0.15) is 35.2 Å². The number of rotatable bonds is 4. The summed E-state index contributed by atoms with van der Waals surface area (Å²) < 4.78 is 45.6. The van der Waals surface area contributed by atoms with E-state index in [1.54, 1.807) is 12.1 Å². The van der Waals surface area contributed by atoms with Gasteiger partial charge in [-0.25, -0.2) is 4.98 Å². The van der Waals surface area contributed by atoms with Crippen LogP contribution >= 0.6 is 0 Å². The fourth-order valence-corrected chi connectivity index (χ4v) is 2.48. The van der Waals surface area contributed by atoms with Crippen molar-refractivity contribution >= 4 is 16.9 Å². The predicted octanol–water partition coefficient (Wildman–Crippen LogP) is 2.38. The first-order valence-electron chi connectivity index (χ1n) is 7.58. The maximum atomic E-state index is 13.3. The second-order valence-corrected chi connectivity index (χ2v) is 5.77. The molecule has 0 saturated heterocycles. The SMILES string of the molecule is O=C(NC1CC1)c1nc(Cn2c(C(F)(F)F)nc3ccccc32)no1. The minimum Gasteiger partial charge on any atom is -0.345 e. The molecule has 0 bridgehead atoms. The maximum absolute atomic E-state index is 13.3. The van der Waals surface area contributed by atoms with Crippen LogP contribution in [0.15, 0.2) is 28.8 Å². The zero-order chi connectivity index (χ0) is 17.6.